The molecular weight excluding hydrogens is 456 g/mol. The number of aromatic nitrogens is 2. The predicted octanol–water partition coefficient (Wildman–Crippen LogP) is 5.68. The Balaban J connectivity index is 0.000000132. The summed E-state index contributed by atoms with van der Waals surface area (Å²) >= 11 is 3.73. The van der Waals surface area contributed by atoms with Crippen molar-refractivity contribution in [1.82, 2.24) is 9.97 Å². The fourth-order valence-corrected chi connectivity index (χ4v) is 6.09. The summed E-state index contributed by atoms with van der Waals surface area (Å²) in [6.45, 7) is 6.09. The van der Waals surface area contributed by atoms with Gasteiger partial charge in [-0.15, -0.1) is 0 Å². The van der Waals surface area contributed by atoms with Crippen molar-refractivity contribution in [3.63, 3.8) is 0 Å². The van der Waals surface area contributed by atoms with E-state index in [9.17, 15) is 0 Å². The fraction of sp³-hybridized carbons (Fsp3) is 0.600. The molecule has 31 heavy (non-hydrogen) atoms. The van der Waals surface area contributed by atoms with Crippen molar-refractivity contribution in [3.05, 3.63) is 38.1 Å². The van der Waals surface area contributed by atoms with Crippen LogP contribution in [0.25, 0.3) is 0 Å². The van der Waals surface area contributed by atoms with Crippen LogP contribution >= 0.6 is 15.9 Å². The summed E-state index contributed by atoms with van der Waals surface area (Å²) in [4.78, 5) is 9.36. The lowest BCUT2D eigenvalue weighted by Crippen LogP contribution is -2.13. The molecule has 0 spiro atoms. The summed E-state index contributed by atoms with van der Waals surface area (Å²) in [5, 5.41) is 0. The molecule has 0 radical (unpaired) electrons. The van der Waals surface area contributed by atoms with E-state index < -0.39 is 0 Å². The Morgan fingerprint density at radius 2 is 1.32 bits per heavy atom. The van der Waals surface area contributed by atoms with Crippen molar-refractivity contribution in [2.24, 2.45) is 0 Å². The van der Waals surface area contributed by atoms with Crippen molar-refractivity contribution in [3.8, 4) is 17.5 Å². The lowest BCUT2D eigenvalue weighted by atomic mass is 10.0. The maximum Gasteiger partial charge on any atom is 0.220 e. The third-order valence-corrected chi connectivity index (χ3v) is 8.03. The molecular formula is C25H31BrN2O3. The van der Waals surface area contributed by atoms with Crippen LogP contribution in [0, 0.1) is 0 Å². The van der Waals surface area contributed by atoms with Gasteiger partial charge in [-0.25, -0.2) is 9.97 Å². The standard InChI is InChI=1S/C13H17NO2.C12H14BrNO/c1-8-5-6-9-11(8)14-13-10(12(9)15-2)4-3-7-16-13;1-7-4-5-8-10(13)9-3-2-6-15-12(9)14-11(7)8/h8H,3-7H2,1-2H3;7H,2-6H2,1H3. The van der Waals surface area contributed by atoms with E-state index in [1.165, 1.54) is 51.0 Å². The van der Waals surface area contributed by atoms with Crippen LogP contribution in [0.5, 0.6) is 17.5 Å². The average molecular weight is 487 g/mol. The molecule has 0 fully saturated rings. The van der Waals surface area contributed by atoms with Gasteiger partial charge in [-0.3, -0.25) is 0 Å². The quantitative estimate of drug-likeness (QED) is 0.518. The van der Waals surface area contributed by atoms with Crippen molar-refractivity contribution in [1.29, 1.82) is 0 Å². The Labute approximate surface area is 193 Å². The first-order valence-corrected chi connectivity index (χ1v) is 12.4. The molecule has 5 nitrogen and oxygen atoms in total. The van der Waals surface area contributed by atoms with Crippen LogP contribution < -0.4 is 14.2 Å². The molecule has 2 aliphatic heterocycles. The van der Waals surface area contributed by atoms with Crippen molar-refractivity contribution >= 4 is 15.9 Å². The van der Waals surface area contributed by atoms with Gasteiger partial charge in [0.2, 0.25) is 11.8 Å². The number of hydrogen-bond donors (Lipinski definition) is 0. The normalized spacial score (nSPS) is 22.7. The molecule has 4 aliphatic rings. The largest absolute Gasteiger partial charge is 0.496 e. The SMILES string of the molecule is CC1CCc2c1nc1c(c2Br)CCCO1.COc1c2c(nc3c1CCC3C)OCCC2. The number of ether oxygens (including phenoxy) is 3. The summed E-state index contributed by atoms with van der Waals surface area (Å²) in [5.74, 6) is 3.87. The minimum atomic E-state index is 0.541. The van der Waals surface area contributed by atoms with Gasteiger partial charge in [0.05, 0.1) is 37.3 Å². The lowest BCUT2D eigenvalue weighted by Gasteiger charge is -2.21. The van der Waals surface area contributed by atoms with Crippen LogP contribution in [0.3, 0.4) is 0 Å². The zero-order valence-electron chi connectivity index (χ0n) is 18.7. The Hall–Kier alpha value is -1.82. The number of nitrogens with zero attached hydrogens (tertiary/aromatic N) is 2. The topological polar surface area (TPSA) is 53.5 Å². The molecule has 0 amide bonds. The number of methoxy groups -OCH3 is 1. The average Bonchev–Trinajstić information content (AvgIpc) is 3.36. The summed E-state index contributed by atoms with van der Waals surface area (Å²) in [6.07, 6.45) is 8.99. The minimum Gasteiger partial charge on any atom is -0.496 e. The van der Waals surface area contributed by atoms with Crippen LogP contribution in [0.2, 0.25) is 0 Å². The molecule has 2 aliphatic carbocycles. The highest BCUT2D eigenvalue weighted by atomic mass is 79.9. The number of rotatable bonds is 1. The van der Waals surface area contributed by atoms with Crippen LogP contribution in [0.15, 0.2) is 4.47 Å². The molecule has 2 aromatic heterocycles. The number of hydrogen-bond acceptors (Lipinski definition) is 5. The summed E-state index contributed by atoms with van der Waals surface area (Å²) in [5.41, 5.74) is 7.65. The maximum atomic E-state index is 5.65. The van der Waals surface area contributed by atoms with Gasteiger partial charge in [0.25, 0.3) is 0 Å². The van der Waals surface area contributed by atoms with E-state index in [-0.39, 0.29) is 0 Å². The molecule has 166 valence electrons. The molecule has 0 saturated carbocycles. The highest BCUT2D eigenvalue weighted by Gasteiger charge is 2.30. The monoisotopic (exact) mass is 486 g/mol. The molecule has 2 atom stereocenters. The predicted molar refractivity (Wildman–Crippen MR) is 124 cm³/mol. The van der Waals surface area contributed by atoms with Crippen LogP contribution in [0.1, 0.15) is 85.0 Å². The maximum absolute atomic E-state index is 5.65. The Bertz CT molecular complexity index is 1000. The first kappa shape index (κ1) is 21.0. The molecule has 0 N–H and O–H groups in total. The third kappa shape index (κ3) is 3.71. The number of halogens is 1. The molecule has 0 aromatic carbocycles. The van der Waals surface area contributed by atoms with E-state index in [1.807, 2.05) is 0 Å². The van der Waals surface area contributed by atoms with Crippen molar-refractivity contribution in [2.75, 3.05) is 20.3 Å². The molecule has 6 rings (SSSR count). The Kier molecular flexibility index (Phi) is 5.84. The molecule has 6 heteroatoms. The highest BCUT2D eigenvalue weighted by Crippen LogP contribution is 2.44. The minimum absolute atomic E-state index is 0.541. The van der Waals surface area contributed by atoms with Gasteiger partial charge in [-0.2, -0.15) is 0 Å². The third-order valence-electron chi connectivity index (χ3n) is 7.07. The van der Waals surface area contributed by atoms with Crippen LogP contribution in [-0.2, 0) is 25.7 Å². The van der Waals surface area contributed by atoms with Gasteiger partial charge in [0, 0.05) is 15.6 Å². The van der Waals surface area contributed by atoms with E-state index in [0.717, 1.165) is 69.2 Å². The second kappa shape index (κ2) is 8.61. The van der Waals surface area contributed by atoms with Crippen molar-refractivity contribution < 1.29 is 14.2 Å². The van der Waals surface area contributed by atoms with Crippen LogP contribution in [-0.4, -0.2) is 30.3 Å². The molecule has 4 heterocycles. The second-order valence-corrected chi connectivity index (χ2v) is 9.94. The van der Waals surface area contributed by atoms with Gasteiger partial charge in [-0.05, 0) is 84.7 Å². The summed E-state index contributed by atoms with van der Waals surface area (Å²) < 4.78 is 18.1. The van der Waals surface area contributed by atoms with E-state index in [0.29, 0.717) is 11.8 Å². The summed E-state index contributed by atoms with van der Waals surface area (Å²) in [7, 11) is 1.76. The van der Waals surface area contributed by atoms with E-state index >= 15 is 0 Å². The van der Waals surface area contributed by atoms with Gasteiger partial charge >= 0.3 is 0 Å². The highest BCUT2D eigenvalue weighted by molar-refractivity contribution is 9.10. The number of pyridine rings is 2. The van der Waals surface area contributed by atoms with Gasteiger partial charge in [0.15, 0.2) is 0 Å². The molecule has 0 saturated heterocycles. The lowest BCUT2D eigenvalue weighted by molar-refractivity contribution is 0.269. The van der Waals surface area contributed by atoms with E-state index in [1.54, 1.807) is 7.11 Å². The fourth-order valence-electron chi connectivity index (χ4n) is 5.32. The first-order chi connectivity index (χ1) is 15.1. The van der Waals surface area contributed by atoms with Gasteiger partial charge < -0.3 is 14.2 Å². The zero-order chi connectivity index (χ0) is 21.5. The van der Waals surface area contributed by atoms with E-state index in [4.69, 9.17) is 14.2 Å². The first-order valence-electron chi connectivity index (χ1n) is 11.6. The molecule has 0 bridgehead atoms. The van der Waals surface area contributed by atoms with E-state index in [2.05, 4.69) is 39.7 Å². The Morgan fingerprint density at radius 1 is 0.774 bits per heavy atom. The summed E-state index contributed by atoms with van der Waals surface area (Å²) in [6, 6.07) is 0. The molecule has 2 unspecified atom stereocenters. The Morgan fingerprint density at radius 3 is 1.97 bits per heavy atom. The molecule has 2 aromatic rings. The van der Waals surface area contributed by atoms with Gasteiger partial charge in [-0.1, -0.05) is 13.8 Å². The second-order valence-electron chi connectivity index (χ2n) is 9.15. The zero-order valence-corrected chi connectivity index (χ0v) is 20.3. The van der Waals surface area contributed by atoms with Gasteiger partial charge in [0.1, 0.15) is 5.75 Å². The number of fused-ring (bicyclic) bond motifs is 4. The van der Waals surface area contributed by atoms with Crippen LogP contribution in [0.4, 0.5) is 0 Å². The van der Waals surface area contributed by atoms with Crippen molar-refractivity contribution in [2.45, 2.75) is 77.0 Å². The smallest absolute Gasteiger partial charge is 0.220 e.